The number of hydrogen-bond donors (Lipinski definition) is 1. The van der Waals surface area contributed by atoms with E-state index in [0.29, 0.717) is 29.3 Å². The molecule has 0 aliphatic carbocycles. The second-order valence-corrected chi connectivity index (χ2v) is 6.92. The van der Waals surface area contributed by atoms with Crippen LogP contribution in [0.5, 0.6) is 0 Å². The van der Waals surface area contributed by atoms with E-state index in [9.17, 15) is 18.0 Å². The van der Waals surface area contributed by atoms with E-state index in [0.717, 1.165) is 0 Å². The number of nitrogens with zero attached hydrogens (tertiary/aromatic N) is 4. The molecule has 1 saturated heterocycles. The minimum Gasteiger partial charge on any atom is -0.461 e. The topological polar surface area (TPSA) is 82.2 Å². The summed E-state index contributed by atoms with van der Waals surface area (Å²) in [5, 5.41) is 4.42. The lowest BCUT2D eigenvalue weighted by Crippen LogP contribution is -2.42. The molecule has 3 heterocycles. The van der Waals surface area contributed by atoms with Crippen molar-refractivity contribution in [3.05, 3.63) is 23.2 Å². The van der Waals surface area contributed by atoms with Crippen LogP contribution in [-0.4, -0.2) is 44.4 Å². The Morgan fingerprint density at radius 3 is 2.85 bits per heavy atom. The third-order valence-corrected chi connectivity index (χ3v) is 4.98. The van der Waals surface area contributed by atoms with Gasteiger partial charge in [0.2, 0.25) is 5.91 Å². The van der Waals surface area contributed by atoms with Crippen LogP contribution in [0.3, 0.4) is 0 Å². The molecule has 27 heavy (non-hydrogen) atoms. The number of rotatable bonds is 6. The molecule has 1 aliphatic rings. The van der Waals surface area contributed by atoms with E-state index in [-0.39, 0.29) is 32.6 Å². The van der Waals surface area contributed by atoms with Crippen LogP contribution in [0.4, 0.5) is 13.2 Å². The molecule has 0 aromatic carbocycles. The molecule has 11 heteroatoms. The number of carbonyl (C=O) groups is 1. The molecule has 1 atom stereocenters. The maximum absolute atomic E-state index is 13.0. The Hall–Kier alpha value is -2.14. The Bertz CT molecular complexity index is 843. The molecule has 0 saturated carbocycles. The highest BCUT2D eigenvalue weighted by atomic mass is 32.1. The molecule has 2 aromatic heterocycles. The molecule has 0 radical (unpaired) electrons. The van der Waals surface area contributed by atoms with Crippen LogP contribution >= 0.6 is 12.2 Å². The van der Waals surface area contributed by atoms with Crippen molar-refractivity contribution in [1.29, 1.82) is 0 Å². The van der Waals surface area contributed by atoms with Crippen molar-refractivity contribution in [2.75, 3.05) is 13.1 Å². The molecular weight excluding hydrogens is 383 g/mol. The molecule has 1 fully saturated rings. The molecule has 0 bridgehead atoms. The Kier molecular flexibility index (Phi) is 5.70. The van der Waals surface area contributed by atoms with Gasteiger partial charge in [0.25, 0.3) is 0 Å². The summed E-state index contributed by atoms with van der Waals surface area (Å²) in [7, 11) is 0. The molecule has 1 amide bonds. The number of primary amides is 1. The normalized spacial score (nSPS) is 18.7. The predicted octanol–water partition coefficient (Wildman–Crippen LogP) is 2.78. The zero-order chi connectivity index (χ0) is 19.6. The fraction of sp³-hybridized carbons (Fsp3) is 0.562. The van der Waals surface area contributed by atoms with E-state index in [4.69, 9.17) is 22.4 Å². The maximum Gasteiger partial charge on any atom is 0.393 e. The van der Waals surface area contributed by atoms with Crippen molar-refractivity contribution >= 4 is 18.1 Å². The standard InChI is InChI=1S/C16H20F3N5O2S/c17-16(18,19)11-3-1-6-22(9-11)10-24-15(27)23(7-5-13(20)25)14(21-24)12-4-2-8-26-12/h2,4,8,11H,1,3,5-7,9-10H2,(H2,20,25). The van der Waals surface area contributed by atoms with Crippen molar-refractivity contribution in [2.24, 2.45) is 11.7 Å². The number of halogens is 3. The summed E-state index contributed by atoms with van der Waals surface area (Å²) in [6, 6.07) is 3.39. The van der Waals surface area contributed by atoms with Crippen LogP contribution in [0.1, 0.15) is 19.3 Å². The number of aromatic nitrogens is 3. The molecular formula is C16H20F3N5O2S. The summed E-state index contributed by atoms with van der Waals surface area (Å²) in [5.74, 6) is -0.965. The summed E-state index contributed by atoms with van der Waals surface area (Å²) in [5.41, 5.74) is 5.22. The largest absolute Gasteiger partial charge is 0.461 e. The quantitative estimate of drug-likeness (QED) is 0.750. The highest BCUT2D eigenvalue weighted by Gasteiger charge is 2.41. The van der Waals surface area contributed by atoms with Crippen LogP contribution in [0.2, 0.25) is 0 Å². The number of hydrogen-bond acceptors (Lipinski definition) is 5. The lowest BCUT2D eigenvalue weighted by Gasteiger charge is -2.33. The first-order valence-corrected chi connectivity index (χ1v) is 8.95. The number of piperidine rings is 1. The van der Waals surface area contributed by atoms with Gasteiger partial charge in [-0.15, -0.1) is 5.10 Å². The SMILES string of the molecule is NC(=O)CCn1c(-c2ccco2)nn(CN2CCCC(C(F)(F)F)C2)c1=S. The fourth-order valence-corrected chi connectivity index (χ4v) is 3.46. The summed E-state index contributed by atoms with van der Waals surface area (Å²) < 4.78 is 47.8. The van der Waals surface area contributed by atoms with Crippen molar-refractivity contribution in [1.82, 2.24) is 19.2 Å². The van der Waals surface area contributed by atoms with E-state index in [1.807, 2.05) is 0 Å². The van der Waals surface area contributed by atoms with Gasteiger partial charge in [0, 0.05) is 19.5 Å². The first-order valence-electron chi connectivity index (χ1n) is 8.54. The molecule has 1 aliphatic heterocycles. The smallest absolute Gasteiger partial charge is 0.393 e. The van der Waals surface area contributed by atoms with E-state index in [2.05, 4.69) is 5.10 Å². The first-order chi connectivity index (χ1) is 12.8. The Morgan fingerprint density at radius 2 is 2.22 bits per heavy atom. The van der Waals surface area contributed by atoms with E-state index in [1.54, 1.807) is 21.6 Å². The van der Waals surface area contributed by atoms with Gasteiger partial charge in [0.1, 0.15) is 0 Å². The molecule has 7 nitrogen and oxygen atoms in total. The van der Waals surface area contributed by atoms with E-state index >= 15 is 0 Å². The Balaban J connectivity index is 1.84. The number of furan rings is 1. The van der Waals surface area contributed by atoms with Crippen molar-refractivity contribution in [2.45, 2.75) is 38.7 Å². The van der Waals surface area contributed by atoms with Gasteiger partial charge in [-0.25, -0.2) is 4.68 Å². The van der Waals surface area contributed by atoms with Crippen LogP contribution in [0, 0.1) is 10.7 Å². The van der Waals surface area contributed by atoms with Crippen molar-refractivity contribution in [3.63, 3.8) is 0 Å². The van der Waals surface area contributed by atoms with Gasteiger partial charge >= 0.3 is 6.18 Å². The third kappa shape index (κ3) is 4.59. The highest BCUT2D eigenvalue weighted by molar-refractivity contribution is 7.71. The summed E-state index contributed by atoms with van der Waals surface area (Å²) >= 11 is 5.43. The molecule has 148 valence electrons. The second kappa shape index (κ2) is 7.85. The average Bonchev–Trinajstić information content (AvgIpc) is 3.22. The van der Waals surface area contributed by atoms with Gasteiger partial charge in [-0.3, -0.25) is 14.3 Å². The van der Waals surface area contributed by atoms with Gasteiger partial charge < -0.3 is 10.2 Å². The summed E-state index contributed by atoms with van der Waals surface area (Å²) in [6.45, 7) is 0.812. The maximum atomic E-state index is 13.0. The van der Waals surface area contributed by atoms with Gasteiger partial charge in [-0.2, -0.15) is 13.2 Å². The monoisotopic (exact) mass is 403 g/mol. The lowest BCUT2D eigenvalue weighted by atomic mass is 9.98. The van der Waals surface area contributed by atoms with Gasteiger partial charge in [-0.1, -0.05) is 0 Å². The van der Waals surface area contributed by atoms with E-state index in [1.165, 1.54) is 10.9 Å². The number of likely N-dealkylation sites (tertiary alicyclic amines) is 1. The van der Waals surface area contributed by atoms with Gasteiger partial charge in [0.05, 0.1) is 18.8 Å². The number of amides is 1. The number of carbonyl (C=O) groups excluding carboxylic acids is 1. The molecule has 0 spiro atoms. The highest BCUT2D eigenvalue weighted by Crippen LogP contribution is 2.33. The lowest BCUT2D eigenvalue weighted by molar-refractivity contribution is -0.188. The zero-order valence-electron chi connectivity index (χ0n) is 14.5. The van der Waals surface area contributed by atoms with Gasteiger partial charge in [0.15, 0.2) is 16.4 Å². The molecule has 3 rings (SSSR count). The molecule has 2 N–H and O–H groups in total. The Labute approximate surface area is 158 Å². The van der Waals surface area contributed by atoms with Gasteiger partial charge in [-0.05, 0) is 43.7 Å². The minimum absolute atomic E-state index is 0.0631. The Morgan fingerprint density at radius 1 is 1.44 bits per heavy atom. The van der Waals surface area contributed by atoms with Crippen LogP contribution in [0.25, 0.3) is 11.6 Å². The van der Waals surface area contributed by atoms with Crippen LogP contribution in [-0.2, 0) is 18.0 Å². The number of nitrogens with two attached hydrogens (primary N) is 1. The second-order valence-electron chi connectivity index (χ2n) is 6.55. The van der Waals surface area contributed by atoms with E-state index < -0.39 is 18.0 Å². The van der Waals surface area contributed by atoms with Crippen LogP contribution < -0.4 is 5.73 Å². The molecule has 2 aromatic rings. The fourth-order valence-electron chi connectivity index (χ4n) is 3.19. The minimum atomic E-state index is -4.21. The van der Waals surface area contributed by atoms with Crippen molar-refractivity contribution < 1.29 is 22.4 Å². The average molecular weight is 403 g/mol. The number of alkyl halides is 3. The molecule has 1 unspecified atom stereocenters. The predicted molar refractivity (Wildman–Crippen MR) is 92.9 cm³/mol. The van der Waals surface area contributed by atoms with Crippen molar-refractivity contribution in [3.8, 4) is 11.6 Å². The third-order valence-electron chi connectivity index (χ3n) is 4.55. The zero-order valence-corrected chi connectivity index (χ0v) is 15.3. The summed E-state index contributed by atoms with van der Waals surface area (Å²) in [6.07, 6.45) is -2.07. The first kappa shape index (κ1) is 19.6. The summed E-state index contributed by atoms with van der Waals surface area (Å²) in [4.78, 5) is 12.8. The van der Waals surface area contributed by atoms with Crippen LogP contribution in [0.15, 0.2) is 22.8 Å².